The quantitative estimate of drug-likeness (QED) is 0.435. The van der Waals surface area contributed by atoms with Gasteiger partial charge in [-0.2, -0.15) is 0 Å². The van der Waals surface area contributed by atoms with Gasteiger partial charge >= 0.3 is 0 Å². The predicted octanol–water partition coefficient (Wildman–Crippen LogP) is 5.70. The summed E-state index contributed by atoms with van der Waals surface area (Å²) < 4.78 is 25.7. The predicted molar refractivity (Wildman–Crippen MR) is 155 cm³/mol. The average molecular weight is 560 g/mol. The lowest BCUT2D eigenvalue weighted by atomic mass is 9.46. The summed E-state index contributed by atoms with van der Waals surface area (Å²) in [6, 6.07) is 0. The SMILES string of the molecule is CCO[C@@H](C1CCC2C(CC3C4CCC5C(C)(C)[C@@H](OC6CNCCO6)CC[C@@]56CC46CC[C@]23C)O1)C(C)(C)O. The van der Waals surface area contributed by atoms with E-state index in [0.29, 0.717) is 41.0 Å². The first-order valence-electron chi connectivity index (χ1n) is 16.9. The third-order valence-electron chi connectivity index (χ3n) is 14.1. The van der Waals surface area contributed by atoms with Crippen LogP contribution in [0.5, 0.6) is 0 Å². The molecule has 0 amide bonds. The molecule has 5 saturated carbocycles. The summed E-state index contributed by atoms with van der Waals surface area (Å²) in [4.78, 5) is 0. The van der Waals surface area contributed by atoms with Crippen LogP contribution in [0.25, 0.3) is 0 Å². The van der Waals surface area contributed by atoms with Crippen LogP contribution in [0.15, 0.2) is 0 Å². The fourth-order valence-electron chi connectivity index (χ4n) is 12.5. The van der Waals surface area contributed by atoms with Crippen molar-refractivity contribution in [3.8, 4) is 0 Å². The Labute approximate surface area is 243 Å². The molecule has 0 radical (unpaired) electrons. The first-order valence-corrected chi connectivity index (χ1v) is 16.9. The highest BCUT2D eigenvalue weighted by Gasteiger charge is 2.80. The largest absolute Gasteiger partial charge is 0.388 e. The topological polar surface area (TPSA) is 69.2 Å². The average Bonchev–Trinajstić information content (AvgIpc) is 3.49. The first-order chi connectivity index (χ1) is 19.0. The minimum Gasteiger partial charge on any atom is -0.388 e. The van der Waals surface area contributed by atoms with E-state index in [0.717, 1.165) is 43.9 Å². The molecule has 2 saturated heterocycles. The van der Waals surface area contributed by atoms with Gasteiger partial charge < -0.3 is 29.4 Å². The van der Waals surface area contributed by atoms with E-state index in [4.69, 9.17) is 18.9 Å². The zero-order valence-corrected chi connectivity index (χ0v) is 26.2. The lowest BCUT2D eigenvalue weighted by molar-refractivity contribution is -0.232. The molecule has 0 bridgehead atoms. The minimum atomic E-state index is -0.888. The van der Waals surface area contributed by atoms with E-state index in [1.807, 2.05) is 20.8 Å². The van der Waals surface area contributed by atoms with Crippen LogP contribution in [0, 0.1) is 45.3 Å². The molecule has 40 heavy (non-hydrogen) atoms. The van der Waals surface area contributed by atoms with Gasteiger partial charge in [-0.1, -0.05) is 20.8 Å². The number of rotatable bonds is 6. The zero-order valence-electron chi connectivity index (χ0n) is 26.2. The molecule has 7 fully saturated rings. The van der Waals surface area contributed by atoms with Crippen molar-refractivity contribution in [2.75, 3.05) is 26.3 Å². The molecule has 2 aliphatic heterocycles. The highest BCUT2D eigenvalue weighted by Crippen LogP contribution is 2.87. The smallest absolute Gasteiger partial charge is 0.170 e. The summed E-state index contributed by atoms with van der Waals surface area (Å²) in [7, 11) is 0. The Hall–Kier alpha value is -0.240. The summed E-state index contributed by atoms with van der Waals surface area (Å²) in [6.07, 6.45) is 13.3. The standard InChI is InChI=1S/C34H57NO5/c1-7-37-29(31(4,5)36)24-10-8-22-25(39-24)18-23-21-9-11-26-30(2,3)27(40-28-19-35-16-17-38-28)12-13-34(26)20-33(21,34)15-14-32(22,23)6/h21-29,35-36H,7-20H2,1-6H3/t21?,22?,23?,24?,25?,26?,27-,28?,29-,32+,33?,34+/m0/s1. The minimum absolute atomic E-state index is 0.00124. The van der Waals surface area contributed by atoms with Crippen molar-refractivity contribution >= 4 is 0 Å². The number of hydrogen-bond acceptors (Lipinski definition) is 6. The van der Waals surface area contributed by atoms with Gasteiger partial charge in [-0.15, -0.1) is 0 Å². The van der Waals surface area contributed by atoms with Crippen LogP contribution in [0.3, 0.4) is 0 Å². The second-order valence-corrected chi connectivity index (χ2v) is 16.5. The van der Waals surface area contributed by atoms with Crippen LogP contribution < -0.4 is 5.32 Å². The van der Waals surface area contributed by atoms with E-state index < -0.39 is 5.60 Å². The van der Waals surface area contributed by atoms with Crippen LogP contribution in [0.4, 0.5) is 0 Å². The van der Waals surface area contributed by atoms with Crippen molar-refractivity contribution in [2.45, 2.75) is 142 Å². The number of hydrogen-bond donors (Lipinski definition) is 2. The van der Waals surface area contributed by atoms with E-state index in [-0.39, 0.29) is 23.9 Å². The Morgan fingerprint density at radius 3 is 2.50 bits per heavy atom. The van der Waals surface area contributed by atoms with Crippen molar-refractivity contribution < 1.29 is 24.1 Å². The molecule has 6 heteroatoms. The lowest BCUT2D eigenvalue weighted by Crippen LogP contribution is -2.56. The van der Waals surface area contributed by atoms with Gasteiger partial charge in [-0.05, 0) is 130 Å². The van der Waals surface area contributed by atoms with E-state index >= 15 is 0 Å². The second kappa shape index (κ2) is 9.63. The van der Waals surface area contributed by atoms with Gasteiger partial charge in [0.1, 0.15) is 6.10 Å². The second-order valence-electron chi connectivity index (χ2n) is 16.5. The van der Waals surface area contributed by atoms with E-state index in [1.54, 1.807) is 0 Å². The maximum absolute atomic E-state index is 10.9. The van der Waals surface area contributed by atoms with Crippen LogP contribution in [0.1, 0.15) is 106 Å². The van der Waals surface area contributed by atoms with Gasteiger partial charge in [0, 0.05) is 19.7 Å². The number of nitrogens with one attached hydrogen (secondary N) is 1. The Morgan fingerprint density at radius 2 is 1.77 bits per heavy atom. The highest BCUT2D eigenvalue weighted by atomic mass is 16.7. The molecule has 2 heterocycles. The van der Waals surface area contributed by atoms with E-state index in [2.05, 4.69) is 26.1 Å². The Bertz CT molecular complexity index is 958. The first kappa shape index (κ1) is 28.5. The van der Waals surface area contributed by atoms with Gasteiger partial charge in [0.15, 0.2) is 6.29 Å². The molecule has 5 aliphatic carbocycles. The molecule has 6 nitrogen and oxygen atoms in total. The normalized spacial score (nSPS) is 52.0. The Kier molecular flexibility index (Phi) is 6.87. The van der Waals surface area contributed by atoms with E-state index in [1.165, 1.54) is 57.8 Å². The van der Waals surface area contributed by atoms with Crippen molar-refractivity contribution in [3.05, 3.63) is 0 Å². The highest BCUT2D eigenvalue weighted by molar-refractivity contribution is 5.29. The van der Waals surface area contributed by atoms with Crippen molar-refractivity contribution in [1.82, 2.24) is 5.32 Å². The van der Waals surface area contributed by atoms with Gasteiger partial charge in [0.2, 0.25) is 0 Å². The molecule has 2 N–H and O–H groups in total. The molecule has 12 atom stereocenters. The molecule has 0 aromatic carbocycles. The molecule has 2 spiro atoms. The molecule has 7 rings (SSSR count). The van der Waals surface area contributed by atoms with Crippen LogP contribution in [-0.2, 0) is 18.9 Å². The van der Waals surface area contributed by atoms with Crippen LogP contribution in [0.2, 0.25) is 0 Å². The molecule has 8 unspecified atom stereocenters. The van der Waals surface area contributed by atoms with Crippen LogP contribution >= 0.6 is 0 Å². The van der Waals surface area contributed by atoms with Crippen molar-refractivity contribution in [2.24, 2.45) is 45.3 Å². The zero-order chi connectivity index (χ0) is 28.1. The molecule has 0 aromatic heterocycles. The summed E-state index contributed by atoms with van der Waals surface area (Å²) in [5, 5.41) is 14.3. The van der Waals surface area contributed by atoms with E-state index in [9.17, 15) is 5.11 Å². The van der Waals surface area contributed by atoms with Gasteiger partial charge in [-0.3, -0.25) is 0 Å². The van der Waals surface area contributed by atoms with Crippen molar-refractivity contribution in [3.63, 3.8) is 0 Å². The monoisotopic (exact) mass is 559 g/mol. The maximum Gasteiger partial charge on any atom is 0.170 e. The third-order valence-corrected chi connectivity index (χ3v) is 14.1. The Morgan fingerprint density at radius 1 is 0.975 bits per heavy atom. The van der Waals surface area contributed by atoms with Crippen LogP contribution in [-0.4, -0.2) is 67.7 Å². The summed E-state index contributed by atoms with van der Waals surface area (Å²) in [5.41, 5.74) is 0.795. The summed E-state index contributed by atoms with van der Waals surface area (Å²) in [6.45, 7) is 16.6. The van der Waals surface area contributed by atoms with Gasteiger partial charge in [0.05, 0.1) is 30.5 Å². The molecular formula is C34H57NO5. The summed E-state index contributed by atoms with van der Waals surface area (Å²) in [5.74, 6) is 3.05. The summed E-state index contributed by atoms with van der Waals surface area (Å²) >= 11 is 0. The van der Waals surface area contributed by atoms with Gasteiger partial charge in [0.25, 0.3) is 0 Å². The fraction of sp³-hybridized carbons (Fsp3) is 1.00. The molecule has 7 aliphatic rings. The number of fused-ring (bicyclic) bond motifs is 4. The molecular weight excluding hydrogens is 502 g/mol. The molecule has 0 aromatic rings. The lowest BCUT2D eigenvalue weighted by Gasteiger charge is -2.60. The van der Waals surface area contributed by atoms with Crippen molar-refractivity contribution in [1.29, 1.82) is 0 Å². The maximum atomic E-state index is 10.9. The molecule has 228 valence electrons. The number of morpholine rings is 1. The fourth-order valence-corrected chi connectivity index (χ4v) is 12.5. The Balaban J connectivity index is 1.08. The van der Waals surface area contributed by atoms with Gasteiger partial charge in [-0.25, -0.2) is 0 Å². The number of ether oxygens (including phenoxy) is 4. The third kappa shape index (κ3) is 4.01. The number of aliphatic hydroxyl groups is 1.